The van der Waals surface area contributed by atoms with Gasteiger partial charge in [-0.3, -0.25) is 4.79 Å². The normalized spacial score (nSPS) is 18.9. The molecule has 2 aromatic carbocycles. The Morgan fingerprint density at radius 1 is 1.04 bits per heavy atom. The number of carbonyl (C=O) groups is 1. The SMILES string of the molecule is O=C(C1CCc2cc(F)ccc21)N1CCCc2c(F)c(F)cc(F)c21. The standard InChI is InChI=1S/C19H15F4NO/c20-11-4-6-12-10(8-11)3-5-13(12)19(25)24-7-1-2-14-17(23)15(21)9-16(22)18(14)24/h4,6,8-9,13H,1-3,5,7H2. The lowest BCUT2D eigenvalue weighted by Crippen LogP contribution is -2.39. The maximum Gasteiger partial charge on any atom is 0.234 e. The number of carbonyl (C=O) groups excluding carboxylic acids is 1. The van der Waals surface area contributed by atoms with Gasteiger partial charge in [0.15, 0.2) is 11.6 Å². The third kappa shape index (κ3) is 2.51. The van der Waals surface area contributed by atoms with Crippen LogP contribution in [0.3, 0.4) is 0 Å². The van der Waals surface area contributed by atoms with E-state index in [9.17, 15) is 22.4 Å². The highest BCUT2D eigenvalue weighted by Gasteiger charge is 2.36. The molecule has 6 heteroatoms. The Kier molecular flexibility index (Phi) is 3.78. The van der Waals surface area contributed by atoms with E-state index < -0.39 is 23.4 Å². The van der Waals surface area contributed by atoms with E-state index in [1.165, 1.54) is 17.0 Å². The number of anilines is 1. The molecule has 0 saturated heterocycles. The van der Waals surface area contributed by atoms with Crippen LogP contribution in [0.5, 0.6) is 0 Å². The summed E-state index contributed by atoms with van der Waals surface area (Å²) >= 11 is 0. The van der Waals surface area contributed by atoms with Crippen molar-refractivity contribution in [2.24, 2.45) is 0 Å². The highest BCUT2D eigenvalue weighted by Crippen LogP contribution is 2.39. The van der Waals surface area contributed by atoms with Crippen molar-refractivity contribution < 1.29 is 22.4 Å². The van der Waals surface area contributed by atoms with E-state index in [-0.39, 0.29) is 35.9 Å². The number of amides is 1. The predicted molar refractivity (Wildman–Crippen MR) is 84.5 cm³/mol. The lowest BCUT2D eigenvalue weighted by atomic mass is 9.95. The monoisotopic (exact) mass is 349 g/mol. The average Bonchev–Trinajstić information content (AvgIpc) is 3.01. The largest absolute Gasteiger partial charge is 0.309 e. The van der Waals surface area contributed by atoms with Crippen LogP contribution in [0.25, 0.3) is 0 Å². The Morgan fingerprint density at radius 2 is 1.84 bits per heavy atom. The molecule has 1 amide bonds. The lowest BCUT2D eigenvalue weighted by molar-refractivity contribution is -0.120. The van der Waals surface area contributed by atoms with E-state index in [0.29, 0.717) is 25.3 Å². The molecule has 25 heavy (non-hydrogen) atoms. The van der Waals surface area contributed by atoms with Crippen LogP contribution in [0.15, 0.2) is 24.3 Å². The van der Waals surface area contributed by atoms with Crippen LogP contribution in [0.1, 0.15) is 35.4 Å². The molecule has 1 unspecified atom stereocenters. The first-order chi connectivity index (χ1) is 12.0. The molecule has 1 atom stereocenters. The minimum absolute atomic E-state index is 0.0885. The zero-order chi connectivity index (χ0) is 17.7. The Balaban J connectivity index is 1.74. The highest BCUT2D eigenvalue weighted by atomic mass is 19.2. The molecule has 2 aromatic rings. The molecule has 0 aromatic heterocycles. The van der Waals surface area contributed by atoms with Crippen LogP contribution in [0.2, 0.25) is 0 Å². The Bertz CT molecular complexity index is 880. The third-order valence-electron chi connectivity index (χ3n) is 5.07. The fraction of sp³-hybridized carbons (Fsp3) is 0.316. The summed E-state index contributed by atoms with van der Waals surface area (Å²) in [5, 5.41) is 0. The second-order valence-electron chi connectivity index (χ2n) is 6.51. The summed E-state index contributed by atoms with van der Waals surface area (Å²) in [5.41, 5.74) is 1.24. The van der Waals surface area contributed by atoms with E-state index in [1.54, 1.807) is 6.07 Å². The first-order valence-electron chi connectivity index (χ1n) is 8.23. The molecule has 0 fully saturated rings. The molecule has 4 rings (SSSR count). The van der Waals surface area contributed by atoms with Crippen LogP contribution < -0.4 is 4.90 Å². The van der Waals surface area contributed by atoms with Gasteiger partial charge in [-0.25, -0.2) is 17.6 Å². The first kappa shape index (κ1) is 16.1. The van der Waals surface area contributed by atoms with Crippen molar-refractivity contribution in [3.8, 4) is 0 Å². The van der Waals surface area contributed by atoms with Crippen molar-refractivity contribution in [3.05, 3.63) is 64.2 Å². The summed E-state index contributed by atoms with van der Waals surface area (Å²) in [7, 11) is 0. The number of aryl methyl sites for hydroxylation is 1. The van der Waals surface area contributed by atoms with Gasteiger partial charge in [0.05, 0.1) is 11.6 Å². The maximum absolute atomic E-state index is 14.3. The van der Waals surface area contributed by atoms with Crippen molar-refractivity contribution in [1.82, 2.24) is 0 Å². The summed E-state index contributed by atoms with van der Waals surface area (Å²) in [5.74, 6) is -4.50. The van der Waals surface area contributed by atoms with Gasteiger partial charge >= 0.3 is 0 Å². The van der Waals surface area contributed by atoms with Crippen molar-refractivity contribution in [1.29, 1.82) is 0 Å². The van der Waals surface area contributed by atoms with Crippen LogP contribution in [-0.4, -0.2) is 12.5 Å². The zero-order valence-electron chi connectivity index (χ0n) is 13.3. The number of hydrogen-bond donors (Lipinski definition) is 0. The fourth-order valence-electron chi connectivity index (χ4n) is 3.93. The molecule has 0 saturated carbocycles. The molecule has 2 aliphatic rings. The quantitative estimate of drug-likeness (QED) is 0.557. The Labute approximate surface area is 142 Å². The van der Waals surface area contributed by atoms with Crippen LogP contribution in [0, 0.1) is 23.3 Å². The number of rotatable bonds is 1. The second kappa shape index (κ2) is 5.86. The van der Waals surface area contributed by atoms with Crippen molar-refractivity contribution in [3.63, 3.8) is 0 Å². The Morgan fingerprint density at radius 3 is 2.64 bits per heavy atom. The van der Waals surface area contributed by atoms with Gasteiger partial charge in [0.1, 0.15) is 11.6 Å². The molecule has 0 bridgehead atoms. The van der Waals surface area contributed by atoms with E-state index in [1.807, 2.05) is 0 Å². The summed E-state index contributed by atoms with van der Waals surface area (Å²) in [6, 6.07) is 4.76. The van der Waals surface area contributed by atoms with E-state index in [4.69, 9.17) is 0 Å². The van der Waals surface area contributed by atoms with Crippen LogP contribution in [0.4, 0.5) is 23.2 Å². The average molecular weight is 349 g/mol. The molecule has 0 spiro atoms. The van der Waals surface area contributed by atoms with Crippen LogP contribution in [-0.2, 0) is 17.6 Å². The molecular formula is C19H15F4NO. The molecule has 1 heterocycles. The predicted octanol–water partition coefficient (Wildman–Crippen LogP) is 4.25. The number of nitrogens with zero attached hydrogens (tertiary/aromatic N) is 1. The first-order valence-corrected chi connectivity index (χ1v) is 8.23. The van der Waals surface area contributed by atoms with Gasteiger partial charge in [0.2, 0.25) is 5.91 Å². The topological polar surface area (TPSA) is 20.3 Å². The summed E-state index contributed by atoms with van der Waals surface area (Å²) < 4.78 is 55.2. The zero-order valence-corrected chi connectivity index (χ0v) is 13.3. The minimum Gasteiger partial charge on any atom is -0.309 e. The summed E-state index contributed by atoms with van der Waals surface area (Å²) in [6.07, 6.45) is 1.67. The van der Waals surface area contributed by atoms with Gasteiger partial charge < -0.3 is 4.90 Å². The van der Waals surface area contributed by atoms with Crippen molar-refractivity contribution in [2.75, 3.05) is 11.4 Å². The summed E-state index contributed by atoms with van der Waals surface area (Å²) in [6.45, 7) is 0.251. The van der Waals surface area contributed by atoms with E-state index in [0.717, 1.165) is 11.1 Å². The Hall–Kier alpha value is -2.37. The van der Waals surface area contributed by atoms with E-state index >= 15 is 0 Å². The van der Waals surface area contributed by atoms with Gasteiger partial charge in [0.25, 0.3) is 0 Å². The number of hydrogen-bond acceptors (Lipinski definition) is 1. The van der Waals surface area contributed by atoms with Gasteiger partial charge in [0, 0.05) is 18.2 Å². The smallest absolute Gasteiger partial charge is 0.234 e. The van der Waals surface area contributed by atoms with Crippen molar-refractivity contribution in [2.45, 2.75) is 31.6 Å². The molecular weight excluding hydrogens is 334 g/mol. The maximum atomic E-state index is 14.3. The van der Waals surface area contributed by atoms with E-state index in [2.05, 4.69) is 0 Å². The van der Waals surface area contributed by atoms with Crippen LogP contribution >= 0.6 is 0 Å². The fourth-order valence-corrected chi connectivity index (χ4v) is 3.93. The number of fused-ring (bicyclic) bond motifs is 2. The molecule has 1 aliphatic carbocycles. The second-order valence-corrected chi connectivity index (χ2v) is 6.51. The van der Waals surface area contributed by atoms with Gasteiger partial charge in [-0.05, 0) is 48.9 Å². The molecule has 1 aliphatic heterocycles. The van der Waals surface area contributed by atoms with Crippen molar-refractivity contribution >= 4 is 11.6 Å². The highest BCUT2D eigenvalue weighted by molar-refractivity contribution is 5.99. The molecule has 0 N–H and O–H groups in total. The van der Waals surface area contributed by atoms with Gasteiger partial charge in [-0.1, -0.05) is 6.07 Å². The number of halogens is 4. The third-order valence-corrected chi connectivity index (χ3v) is 5.07. The molecule has 0 radical (unpaired) electrons. The minimum atomic E-state index is -1.24. The lowest BCUT2D eigenvalue weighted by Gasteiger charge is -2.32. The van der Waals surface area contributed by atoms with Gasteiger partial charge in [-0.15, -0.1) is 0 Å². The molecule has 130 valence electrons. The van der Waals surface area contributed by atoms with Gasteiger partial charge in [-0.2, -0.15) is 0 Å². The summed E-state index contributed by atoms with van der Waals surface area (Å²) in [4.78, 5) is 14.2. The molecule has 2 nitrogen and oxygen atoms in total. The number of benzene rings is 2.